The van der Waals surface area contributed by atoms with Crippen LogP contribution in [0.4, 0.5) is 18.9 Å². The van der Waals surface area contributed by atoms with Crippen molar-refractivity contribution in [2.75, 3.05) is 19.0 Å². The van der Waals surface area contributed by atoms with Gasteiger partial charge < -0.3 is 20.3 Å². The number of aliphatic imine (C=N–C) groups is 1. The Hall–Kier alpha value is -2.88. The van der Waals surface area contributed by atoms with E-state index in [9.17, 15) is 22.8 Å². The Morgan fingerprint density at radius 2 is 1.88 bits per heavy atom. The van der Waals surface area contributed by atoms with Gasteiger partial charge in [-0.1, -0.05) is 12.1 Å². The van der Waals surface area contributed by atoms with Gasteiger partial charge in [0.2, 0.25) is 11.8 Å². The smallest absolute Gasteiger partial charge is 0.358 e. The van der Waals surface area contributed by atoms with Gasteiger partial charge in [0.25, 0.3) is 0 Å². The average Bonchev–Trinajstić information content (AvgIpc) is 3.53. The third kappa shape index (κ3) is 5.73. The third-order valence-corrected chi connectivity index (χ3v) is 5.68. The van der Waals surface area contributed by atoms with Crippen LogP contribution in [0.15, 0.2) is 29.3 Å². The van der Waals surface area contributed by atoms with E-state index in [1.807, 2.05) is 30.4 Å². The maximum Gasteiger partial charge on any atom is 0.410 e. The van der Waals surface area contributed by atoms with Crippen LogP contribution in [-0.4, -0.2) is 54.1 Å². The highest BCUT2D eigenvalue weighted by Crippen LogP contribution is 2.34. The summed E-state index contributed by atoms with van der Waals surface area (Å²) < 4.78 is 44.9. The van der Waals surface area contributed by atoms with Crippen LogP contribution in [0.5, 0.6) is 0 Å². The second-order valence-corrected chi connectivity index (χ2v) is 8.95. The molecule has 2 N–H and O–H groups in total. The number of methoxy groups -OCH3 is 1. The molecule has 2 aliphatic rings. The first-order chi connectivity index (χ1) is 15.3. The molecule has 1 aromatic rings. The number of rotatable bonds is 7. The van der Waals surface area contributed by atoms with Crippen LogP contribution in [0.1, 0.15) is 44.7 Å². The van der Waals surface area contributed by atoms with Crippen molar-refractivity contribution < 1.29 is 27.5 Å². The second kappa shape index (κ2) is 9.17. The van der Waals surface area contributed by atoms with Crippen LogP contribution in [0.2, 0.25) is 0 Å². The lowest BCUT2D eigenvalue weighted by atomic mass is 10.0. The number of benzene rings is 1. The van der Waals surface area contributed by atoms with Gasteiger partial charge in [0.1, 0.15) is 17.9 Å². The number of alkyl halides is 3. The average molecular weight is 467 g/mol. The molecule has 1 aliphatic carbocycles. The SMILES string of the molecule is COC1C=C(c2ccc(C)cc2NC(=O)C2CC2)N=C(C)N1CC(=O)NC(C)(C)C(F)(F)F. The van der Waals surface area contributed by atoms with Gasteiger partial charge in [-0.2, -0.15) is 13.2 Å². The molecule has 1 unspecified atom stereocenters. The number of ether oxygens (including phenoxy) is 1. The van der Waals surface area contributed by atoms with Gasteiger partial charge in [0, 0.05) is 18.6 Å². The maximum atomic E-state index is 13.1. The molecule has 10 heteroatoms. The number of nitrogens with zero attached hydrogens (tertiary/aromatic N) is 2. The molecule has 180 valence electrons. The van der Waals surface area contributed by atoms with Gasteiger partial charge in [-0.3, -0.25) is 9.59 Å². The first kappa shape index (κ1) is 24.8. The van der Waals surface area contributed by atoms with Gasteiger partial charge in [-0.05, 0) is 58.2 Å². The van der Waals surface area contributed by atoms with Crippen molar-refractivity contribution >= 4 is 29.0 Å². The Morgan fingerprint density at radius 1 is 1.21 bits per heavy atom. The summed E-state index contributed by atoms with van der Waals surface area (Å²) in [6, 6.07) is 5.61. The van der Waals surface area contributed by atoms with Gasteiger partial charge in [0.15, 0.2) is 6.23 Å². The van der Waals surface area contributed by atoms with E-state index in [0.29, 0.717) is 22.8 Å². The van der Waals surface area contributed by atoms with E-state index >= 15 is 0 Å². The number of amides is 2. The standard InChI is InChI=1S/C23H29F3N4O3/c1-13-6-9-16(17(10-13)28-21(32)15-7-8-15)18-11-20(33-5)30(14(2)27-18)12-19(31)29-22(3,4)23(24,25)26/h6,9-11,15,20H,7-8,12H2,1-5H3,(H,28,32)(H,29,31). The number of carbonyl (C=O) groups is 2. The predicted molar refractivity (Wildman–Crippen MR) is 119 cm³/mol. The van der Waals surface area contributed by atoms with E-state index in [1.54, 1.807) is 13.0 Å². The van der Waals surface area contributed by atoms with Crippen molar-refractivity contribution in [3.63, 3.8) is 0 Å². The van der Waals surface area contributed by atoms with Gasteiger partial charge in [-0.25, -0.2) is 4.99 Å². The molecule has 3 rings (SSSR count). The third-order valence-electron chi connectivity index (χ3n) is 5.68. The number of nitrogens with one attached hydrogen (secondary N) is 2. The Kier molecular flexibility index (Phi) is 6.88. The molecule has 0 aromatic heterocycles. The zero-order valence-corrected chi connectivity index (χ0v) is 19.3. The molecule has 1 fully saturated rings. The lowest BCUT2D eigenvalue weighted by molar-refractivity contribution is -0.188. The fourth-order valence-corrected chi connectivity index (χ4v) is 3.41. The molecule has 1 atom stereocenters. The molecule has 0 radical (unpaired) electrons. The molecule has 0 spiro atoms. The van der Waals surface area contributed by atoms with Crippen molar-refractivity contribution in [2.45, 2.75) is 58.5 Å². The quantitative estimate of drug-likeness (QED) is 0.640. The number of halogens is 3. The molecule has 33 heavy (non-hydrogen) atoms. The number of aryl methyl sites for hydroxylation is 1. The van der Waals surface area contributed by atoms with Crippen molar-refractivity contribution in [1.29, 1.82) is 0 Å². The normalized spacial score (nSPS) is 19.0. The van der Waals surface area contributed by atoms with Crippen molar-refractivity contribution in [2.24, 2.45) is 10.9 Å². The van der Waals surface area contributed by atoms with Crippen LogP contribution in [0.25, 0.3) is 5.70 Å². The lowest BCUT2D eigenvalue weighted by Gasteiger charge is -2.35. The molecular formula is C23H29F3N4O3. The van der Waals surface area contributed by atoms with Crippen LogP contribution in [0.3, 0.4) is 0 Å². The highest BCUT2D eigenvalue weighted by Gasteiger charge is 2.48. The summed E-state index contributed by atoms with van der Waals surface area (Å²) in [5.74, 6) is -0.406. The van der Waals surface area contributed by atoms with Crippen molar-refractivity contribution in [3.05, 3.63) is 35.4 Å². The molecule has 7 nitrogen and oxygen atoms in total. The van der Waals surface area contributed by atoms with Crippen LogP contribution in [0, 0.1) is 12.8 Å². The number of hydrogen-bond donors (Lipinski definition) is 2. The minimum Gasteiger partial charge on any atom is -0.358 e. The zero-order valence-electron chi connectivity index (χ0n) is 19.3. The Labute approximate surface area is 191 Å². The summed E-state index contributed by atoms with van der Waals surface area (Å²) >= 11 is 0. The maximum absolute atomic E-state index is 13.1. The fraction of sp³-hybridized carbons (Fsp3) is 0.522. The summed E-state index contributed by atoms with van der Waals surface area (Å²) in [5.41, 5.74) is 0.458. The Balaban J connectivity index is 1.82. The summed E-state index contributed by atoms with van der Waals surface area (Å²) in [6.07, 6.45) is -1.90. The topological polar surface area (TPSA) is 83.0 Å². The zero-order chi connectivity index (χ0) is 24.6. The van der Waals surface area contributed by atoms with E-state index in [2.05, 4.69) is 10.3 Å². The van der Waals surface area contributed by atoms with Gasteiger partial charge in [-0.15, -0.1) is 0 Å². The fourth-order valence-electron chi connectivity index (χ4n) is 3.41. The predicted octanol–water partition coefficient (Wildman–Crippen LogP) is 3.85. The van der Waals surface area contributed by atoms with Crippen LogP contribution < -0.4 is 10.6 Å². The minimum atomic E-state index is -4.59. The number of amidine groups is 1. The Bertz CT molecular complexity index is 997. The molecule has 1 heterocycles. The van der Waals surface area contributed by atoms with Crippen molar-refractivity contribution in [3.8, 4) is 0 Å². The van der Waals surface area contributed by atoms with E-state index < -0.39 is 23.9 Å². The molecule has 2 amide bonds. The number of anilines is 1. The molecule has 0 saturated heterocycles. The lowest BCUT2D eigenvalue weighted by Crippen LogP contribution is -2.57. The first-order valence-electron chi connectivity index (χ1n) is 10.7. The van der Waals surface area contributed by atoms with E-state index in [1.165, 1.54) is 12.0 Å². The van der Waals surface area contributed by atoms with E-state index in [4.69, 9.17) is 4.74 Å². The van der Waals surface area contributed by atoms with Crippen LogP contribution in [-0.2, 0) is 14.3 Å². The number of carbonyl (C=O) groups excluding carboxylic acids is 2. The second-order valence-electron chi connectivity index (χ2n) is 8.95. The summed E-state index contributed by atoms with van der Waals surface area (Å²) in [4.78, 5) is 30.8. The van der Waals surface area contributed by atoms with Gasteiger partial charge >= 0.3 is 6.18 Å². The van der Waals surface area contributed by atoms with Crippen molar-refractivity contribution in [1.82, 2.24) is 10.2 Å². The minimum absolute atomic E-state index is 0.0330. The molecule has 1 aliphatic heterocycles. The Morgan fingerprint density at radius 3 is 2.45 bits per heavy atom. The highest BCUT2D eigenvalue weighted by molar-refractivity contribution is 5.99. The molecule has 1 saturated carbocycles. The summed E-state index contributed by atoms with van der Waals surface area (Å²) in [6.45, 7) is 5.01. The summed E-state index contributed by atoms with van der Waals surface area (Å²) in [7, 11) is 1.44. The molecule has 1 aromatic carbocycles. The molecule has 0 bridgehead atoms. The largest absolute Gasteiger partial charge is 0.410 e. The van der Waals surface area contributed by atoms with Crippen LogP contribution >= 0.6 is 0 Å². The van der Waals surface area contributed by atoms with E-state index in [0.717, 1.165) is 32.3 Å². The highest BCUT2D eigenvalue weighted by atomic mass is 19.4. The summed E-state index contributed by atoms with van der Waals surface area (Å²) in [5, 5.41) is 4.99. The van der Waals surface area contributed by atoms with E-state index in [-0.39, 0.29) is 18.4 Å². The monoisotopic (exact) mass is 466 g/mol. The number of hydrogen-bond acceptors (Lipinski definition) is 5. The first-order valence-corrected chi connectivity index (χ1v) is 10.7. The molecular weight excluding hydrogens is 437 g/mol. The van der Waals surface area contributed by atoms with Gasteiger partial charge in [0.05, 0.1) is 11.4 Å².